The van der Waals surface area contributed by atoms with Gasteiger partial charge in [0.2, 0.25) is 11.8 Å². The van der Waals surface area contributed by atoms with Crippen LogP contribution in [0, 0.1) is 5.92 Å². The maximum absolute atomic E-state index is 12.6. The summed E-state index contributed by atoms with van der Waals surface area (Å²) in [5.41, 5.74) is 6.03. The number of anilines is 1. The molecule has 0 radical (unpaired) electrons. The second-order valence-corrected chi connectivity index (χ2v) is 6.96. The molecule has 0 aromatic carbocycles. The molecule has 0 bridgehead atoms. The number of hydrogen-bond acceptors (Lipinski definition) is 9. The summed E-state index contributed by atoms with van der Waals surface area (Å²) in [6.07, 6.45) is -1.32. The lowest BCUT2D eigenvalue weighted by atomic mass is 10.00. The zero-order valence-corrected chi connectivity index (χ0v) is 14.6. The van der Waals surface area contributed by atoms with E-state index in [4.69, 9.17) is 15.2 Å². The fourth-order valence-corrected chi connectivity index (χ4v) is 3.72. The van der Waals surface area contributed by atoms with Gasteiger partial charge in [-0.1, -0.05) is 17.4 Å². The summed E-state index contributed by atoms with van der Waals surface area (Å²) in [5.74, 6) is -0.397. The van der Waals surface area contributed by atoms with Crippen LogP contribution in [0.3, 0.4) is 0 Å². The largest absolute Gasteiger partial charge is 0.474 e. The molecule has 25 heavy (non-hydrogen) atoms. The monoisotopic (exact) mass is 368 g/mol. The van der Waals surface area contributed by atoms with Crippen molar-refractivity contribution in [2.45, 2.75) is 38.4 Å². The Labute approximate surface area is 147 Å². The van der Waals surface area contributed by atoms with E-state index in [0.29, 0.717) is 4.70 Å². The third kappa shape index (κ3) is 3.01. The molecular formula is C15H20N4O5S. The van der Waals surface area contributed by atoms with Crippen molar-refractivity contribution < 1.29 is 19.7 Å². The number of hydrogen-bond donors (Lipinski definition) is 3. The summed E-state index contributed by atoms with van der Waals surface area (Å²) in [6, 6.07) is 0. The van der Waals surface area contributed by atoms with Crippen LogP contribution < -0.4 is 15.3 Å². The van der Waals surface area contributed by atoms with Crippen LogP contribution in [0.15, 0.2) is 17.4 Å². The number of aliphatic hydroxyl groups excluding tert-OH is 2. The molecule has 1 fully saturated rings. The fraction of sp³-hybridized carbons (Fsp3) is 0.533. The van der Waals surface area contributed by atoms with Gasteiger partial charge in [0.15, 0.2) is 5.65 Å². The summed E-state index contributed by atoms with van der Waals surface area (Å²) in [5, 5.41) is 19.6. The van der Waals surface area contributed by atoms with Crippen LogP contribution in [-0.4, -0.2) is 49.7 Å². The number of fused-ring (bicyclic) bond motifs is 1. The average molecular weight is 368 g/mol. The van der Waals surface area contributed by atoms with Gasteiger partial charge >= 0.3 is 4.87 Å². The summed E-state index contributed by atoms with van der Waals surface area (Å²) >= 11 is 0.909. The first-order chi connectivity index (χ1) is 11.9. The van der Waals surface area contributed by atoms with Gasteiger partial charge < -0.3 is 25.4 Å². The number of thiazole rings is 1. The second-order valence-electron chi connectivity index (χ2n) is 6.00. The topological polar surface area (TPSA) is 133 Å². The number of aliphatic hydroxyl groups is 2. The van der Waals surface area contributed by atoms with Gasteiger partial charge in [-0.15, -0.1) is 6.58 Å². The minimum absolute atomic E-state index is 0.0397. The van der Waals surface area contributed by atoms with Crippen molar-refractivity contribution >= 4 is 27.6 Å². The summed E-state index contributed by atoms with van der Waals surface area (Å²) in [6.45, 7) is 6.98. The molecule has 2 aromatic heterocycles. The van der Waals surface area contributed by atoms with Gasteiger partial charge in [-0.25, -0.2) is 0 Å². The minimum atomic E-state index is -0.986. The average Bonchev–Trinajstić information content (AvgIpc) is 3.02. The van der Waals surface area contributed by atoms with Crippen LogP contribution in [0.4, 0.5) is 5.95 Å². The van der Waals surface area contributed by atoms with Crippen molar-refractivity contribution in [3.05, 3.63) is 22.3 Å². The Bertz CT molecular complexity index is 848. The molecule has 1 aliphatic heterocycles. The van der Waals surface area contributed by atoms with Gasteiger partial charge in [0.1, 0.15) is 17.0 Å². The Hall–Kier alpha value is -2.01. The third-order valence-electron chi connectivity index (χ3n) is 3.92. The van der Waals surface area contributed by atoms with E-state index in [1.54, 1.807) is 0 Å². The molecule has 4 atom stereocenters. The zero-order chi connectivity index (χ0) is 18.3. The van der Waals surface area contributed by atoms with E-state index in [9.17, 15) is 15.0 Å². The molecule has 136 valence electrons. The quantitative estimate of drug-likeness (QED) is 0.641. The highest BCUT2D eigenvalue weighted by Crippen LogP contribution is 2.38. The number of nitrogens with zero attached hydrogens (tertiary/aromatic N) is 3. The first-order valence-corrected chi connectivity index (χ1v) is 8.61. The van der Waals surface area contributed by atoms with Gasteiger partial charge in [0.25, 0.3) is 0 Å². The first kappa shape index (κ1) is 17.8. The molecule has 10 heteroatoms. The van der Waals surface area contributed by atoms with Gasteiger partial charge in [-0.05, 0) is 13.8 Å². The molecule has 1 saturated heterocycles. The van der Waals surface area contributed by atoms with E-state index in [0.717, 1.165) is 11.3 Å². The third-order valence-corrected chi connectivity index (χ3v) is 4.85. The van der Waals surface area contributed by atoms with E-state index in [2.05, 4.69) is 16.5 Å². The van der Waals surface area contributed by atoms with Gasteiger partial charge in [-0.2, -0.15) is 9.97 Å². The van der Waals surface area contributed by atoms with Gasteiger partial charge in [-0.3, -0.25) is 9.36 Å². The van der Waals surface area contributed by atoms with E-state index in [1.807, 2.05) is 13.8 Å². The van der Waals surface area contributed by atoms with E-state index >= 15 is 0 Å². The molecule has 4 N–H and O–H groups in total. The molecule has 0 amide bonds. The highest BCUT2D eigenvalue weighted by molar-refractivity contribution is 7.16. The van der Waals surface area contributed by atoms with Crippen LogP contribution in [0.2, 0.25) is 0 Å². The van der Waals surface area contributed by atoms with Crippen molar-refractivity contribution in [3.8, 4) is 5.88 Å². The van der Waals surface area contributed by atoms with E-state index in [-0.39, 0.29) is 35.1 Å². The van der Waals surface area contributed by atoms with Crippen LogP contribution in [0.25, 0.3) is 10.3 Å². The summed E-state index contributed by atoms with van der Waals surface area (Å²) < 4.78 is 13.1. The molecule has 0 spiro atoms. The van der Waals surface area contributed by atoms with Crippen LogP contribution >= 0.6 is 11.3 Å². The summed E-state index contributed by atoms with van der Waals surface area (Å²) in [7, 11) is 0. The smallest absolute Gasteiger partial charge is 0.311 e. The molecule has 0 aliphatic carbocycles. The van der Waals surface area contributed by atoms with Crippen LogP contribution in [0.5, 0.6) is 5.88 Å². The molecule has 2 aromatic rings. The van der Waals surface area contributed by atoms with E-state index < -0.39 is 24.4 Å². The van der Waals surface area contributed by atoms with Gasteiger partial charge in [0.05, 0.1) is 24.7 Å². The maximum Gasteiger partial charge on any atom is 0.311 e. The Balaban J connectivity index is 2.17. The molecule has 1 aliphatic rings. The molecule has 0 unspecified atom stereocenters. The first-order valence-electron chi connectivity index (χ1n) is 7.79. The van der Waals surface area contributed by atoms with Crippen molar-refractivity contribution in [1.82, 2.24) is 14.5 Å². The molecule has 3 rings (SSSR count). The lowest BCUT2D eigenvalue weighted by Crippen LogP contribution is -2.29. The zero-order valence-electron chi connectivity index (χ0n) is 13.8. The molecule has 9 nitrogen and oxygen atoms in total. The molecular weight excluding hydrogens is 348 g/mol. The lowest BCUT2D eigenvalue weighted by molar-refractivity contribution is -0.0447. The highest BCUT2D eigenvalue weighted by atomic mass is 32.1. The van der Waals surface area contributed by atoms with Crippen molar-refractivity contribution in [3.63, 3.8) is 0 Å². The normalized spacial score (nSPS) is 26.4. The standard InChI is InChI=1S/C15H20N4O5S/c1-4-7-9(21)8(5-20)24-13(7)19-11-10(25-15(19)22)12(23-6(2)3)18-14(16)17-11/h4,6-9,13,20-21H,1,5H2,2-3H3,(H2,16,17,18)/t7-,8-,9+,13-/m1/s1. The Morgan fingerprint density at radius 3 is 2.84 bits per heavy atom. The van der Waals surface area contributed by atoms with Crippen molar-refractivity contribution in [2.24, 2.45) is 5.92 Å². The number of rotatable bonds is 5. The van der Waals surface area contributed by atoms with E-state index in [1.165, 1.54) is 10.6 Å². The Morgan fingerprint density at radius 2 is 2.24 bits per heavy atom. The second kappa shape index (κ2) is 6.71. The highest BCUT2D eigenvalue weighted by Gasteiger charge is 2.44. The number of ether oxygens (including phenoxy) is 2. The predicted octanol–water partition coefficient (Wildman–Crippen LogP) is 0.275. The lowest BCUT2D eigenvalue weighted by Gasteiger charge is -2.18. The maximum atomic E-state index is 12.6. The predicted molar refractivity (Wildman–Crippen MR) is 92.5 cm³/mol. The van der Waals surface area contributed by atoms with Crippen molar-refractivity contribution in [2.75, 3.05) is 12.3 Å². The molecule has 3 heterocycles. The number of nitrogen functional groups attached to an aromatic ring is 1. The SMILES string of the molecule is C=C[C@@H]1[C@H](O)[C@@H](CO)O[C@H]1n1c(=O)sc2c(OC(C)C)nc(N)nc21. The van der Waals surface area contributed by atoms with Gasteiger partial charge in [0, 0.05) is 0 Å². The fourth-order valence-electron chi connectivity index (χ4n) is 2.84. The van der Waals surface area contributed by atoms with Crippen LogP contribution in [-0.2, 0) is 4.74 Å². The Morgan fingerprint density at radius 1 is 1.52 bits per heavy atom. The Kier molecular flexibility index (Phi) is 4.78. The molecule has 0 saturated carbocycles. The van der Waals surface area contributed by atoms with Crippen LogP contribution in [0.1, 0.15) is 20.1 Å². The summed E-state index contributed by atoms with van der Waals surface area (Å²) in [4.78, 5) is 20.5. The van der Waals surface area contributed by atoms with Crippen molar-refractivity contribution in [1.29, 1.82) is 0 Å². The number of aromatic nitrogens is 3. The minimum Gasteiger partial charge on any atom is -0.474 e. The number of nitrogens with two attached hydrogens (primary N) is 1.